The molecule has 3 fully saturated rings. The summed E-state index contributed by atoms with van der Waals surface area (Å²) >= 11 is 0. The molecule has 0 radical (unpaired) electrons. The number of nitrogens with zero attached hydrogens (tertiary/aromatic N) is 1. The number of aliphatic imine (C=N–C) groups is 1. The molecule has 17 nitrogen and oxygen atoms in total. The number of carbonyl (C=O) groups excluding carboxylic acids is 1. The predicted molar refractivity (Wildman–Crippen MR) is 164 cm³/mol. The van der Waals surface area contributed by atoms with E-state index >= 15 is 0 Å². The minimum Gasteiger partial charge on any atom is -0.492 e. The number of rotatable bonds is 12. The first-order valence-corrected chi connectivity index (χ1v) is 15.6. The molecule has 17 heteroatoms. The molecular formula is C28H53N9O8. The van der Waals surface area contributed by atoms with Crippen molar-refractivity contribution in [1.82, 2.24) is 16.0 Å². The number of guanidine groups is 1. The highest BCUT2D eigenvalue weighted by Crippen LogP contribution is 2.38. The van der Waals surface area contributed by atoms with E-state index in [1.165, 1.54) is 6.92 Å². The fourth-order valence-electron chi connectivity index (χ4n) is 6.91. The molecule has 0 bridgehead atoms. The van der Waals surface area contributed by atoms with Crippen LogP contribution in [0.15, 0.2) is 16.8 Å². The molecule has 4 aliphatic rings. The lowest BCUT2D eigenvalue weighted by atomic mass is 9.71. The summed E-state index contributed by atoms with van der Waals surface area (Å²) in [6.07, 6.45) is -2.46. The summed E-state index contributed by atoms with van der Waals surface area (Å²) in [5.41, 5.74) is 26.5. The monoisotopic (exact) mass is 643 g/mol. The summed E-state index contributed by atoms with van der Waals surface area (Å²) in [5.74, 6) is -0.895. The van der Waals surface area contributed by atoms with Crippen LogP contribution < -0.4 is 44.6 Å². The summed E-state index contributed by atoms with van der Waals surface area (Å²) in [7, 11) is 1.59. The van der Waals surface area contributed by atoms with Crippen LogP contribution in [0.4, 0.5) is 0 Å². The van der Waals surface area contributed by atoms with Crippen LogP contribution in [0.5, 0.6) is 0 Å². The minimum atomic E-state index is -1.73. The largest absolute Gasteiger partial charge is 0.492 e. The number of hydrogen-bond acceptors (Lipinski definition) is 14. The first-order chi connectivity index (χ1) is 21.2. The summed E-state index contributed by atoms with van der Waals surface area (Å²) in [6, 6.07) is -3.31. The number of nitrogens with one attached hydrogen (secondary N) is 3. The maximum atomic E-state index is 13.3. The van der Waals surface area contributed by atoms with E-state index in [1.807, 2.05) is 6.08 Å². The molecule has 1 amide bonds. The molecule has 11 unspecified atom stereocenters. The van der Waals surface area contributed by atoms with Gasteiger partial charge in [-0.1, -0.05) is 0 Å². The Hall–Kier alpha value is -2.16. The Morgan fingerprint density at radius 2 is 1.89 bits per heavy atom. The third kappa shape index (κ3) is 8.05. The van der Waals surface area contributed by atoms with Crippen molar-refractivity contribution in [3.8, 4) is 0 Å². The second-order valence-corrected chi connectivity index (χ2v) is 13.1. The molecule has 0 aromatic rings. The number of nitrogens with two attached hydrogens (primary N) is 5. The lowest BCUT2D eigenvalue weighted by Gasteiger charge is -2.51. The van der Waals surface area contributed by atoms with Crippen molar-refractivity contribution in [3.63, 3.8) is 0 Å². The van der Waals surface area contributed by atoms with Crippen molar-refractivity contribution < 1.29 is 39.4 Å². The van der Waals surface area contributed by atoms with Gasteiger partial charge in [0.2, 0.25) is 0 Å². The van der Waals surface area contributed by atoms with Gasteiger partial charge < -0.3 is 79.3 Å². The molecular weight excluding hydrogens is 590 g/mol. The zero-order chi connectivity index (χ0) is 33.1. The Labute approximate surface area is 263 Å². The van der Waals surface area contributed by atoms with Gasteiger partial charge in [-0.2, -0.15) is 0 Å². The summed E-state index contributed by atoms with van der Waals surface area (Å²) in [4.78, 5) is 17.3. The van der Waals surface area contributed by atoms with Gasteiger partial charge in [0.05, 0.1) is 37.4 Å². The van der Waals surface area contributed by atoms with Gasteiger partial charge in [0.1, 0.15) is 35.3 Å². The van der Waals surface area contributed by atoms with E-state index in [2.05, 4.69) is 20.9 Å². The number of carbonyl (C=O) groups is 1. The standard InChI is InChI=1S/C28H53N9O8/c1-27(41)12-43-24(20(39)23(27)34-2)45-22-17(37-25(40)28(42)9-13(10-28)36-26(32)33)8-16(31)18(19(22)38)21-15(30)5-4-14(44-21)11-35-7-3-6-29/h4,13,15-24,34-35,38-39,41-42H,3,5-12,29-31H2,1-2H3,(H,37,40)(H4,32,33,36). The Balaban J connectivity index is 1.54. The van der Waals surface area contributed by atoms with Crippen molar-refractivity contribution in [2.24, 2.45) is 39.6 Å². The van der Waals surface area contributed by atoms with E-state index in [0.29, 0.717) is 31.8 Å². The zero-order valence-corrected chi connectivity index (χ0v) is 26.0. The number of amides is 1. The topological polar surface area (TPSA) is 304 Å². The van der Waals surface area contributed by atoms with Crippen LogP contribution in [0, 0.1) is 5.92 Å². The van der Waals surface area contributed by atoms with Gasteiger partial charge in [0.15, 0.2) is 12.2 Å². The van der Waals surface area contributed by atoms with Crippen molar-refractivity contribution >= 4 is 11.9 Å². The number of aliphatic hydroxyl groups excluding tert-OH is 2. The van der Waals surface area contributed by atoms with Crippen LogP contribution in [-0.2, 0) is 19.0 Å². The lowest BCUT2D eigenvalue weighted by molar-refractivity contribution is -0.297. The van der Waals surface area contributed by atoms with Crippen molar-refractivity contribution in [2.75, 3.05) is 33.3 Å². The van der Waals surface area contributed by atoms with E-state index in [9.17, 15) is 25.2 Å². The van der Waals surface area contributed by atoms with Gasteiger partial charge >= 0.3 is 0 Å². The minimum absolute atomic E-state index is 0.00872. The third-order valence-electron chi connectivity index (χ3n) is 9.36. The van der Waals surface area contributed by atoms with Gasteiger partial charge in [0.25, 0.3) is 5.91 Å². The number of ether oxygens (including phenoxy) is 3. The highest BCUT2D eigenvalue weighted by atomic mass is 16.7. The second-order valence-electron chi connectivity index (χ2n) is 13.1. The van der Waals surface area contributed by atoms with Crippen LogP contribution in [0.2, 0.25) is 0 Å². The first-order valence-electron chi connectivity index (χ1n) is 15.6. The molecule has 2 aliphatic heterocycles. The fourth-order valence-corrected chi connectivity index (χ4v) is 6.91. The highest BCUT2D eigenvalue weighted by Gasteiger charge is 2.55. The van der Waals surface area contributed by atoms with Gasteiger partial charge in [-0.25, -0.2) is 0 Å². The molecule has 17 N–H and O–H groups in total. The normalized spacial score (nSPS) is 43.4. The molecule has 2 aliphatic carbocycles. The van der Waals surface area contributed by atoms with E-state index in [-0.39, 0.29) is 31.8 Å². The molecule has 0 aromatic heterocycles. The van der Waals surface area contributed by atoms with Gasteiger partial charge in [-0.05, 0) is 52.4 Å². The summed E-state index contributed by atoms with van der Waals surface area (Å²) in [6.45, 7) is 3.07. The number of hydrogen-bond donors (Lipinski definition) is 12. The fraction of sp³-hybridized carbons (Fsp3) is 0.857. The molecule has 2 saturated carbocycles. The zero-order valence-electron chi connectivity index (χ0n) is 26.0. The molecule has 258 valence electrons. The van der Waals surface area contributed by atoms with Crippen LogP contribution in [0.3, 0.4) is 0 Å². The SMILES string of the molecule is CNC1C(O)C(OC2C(NC(=O)C3(O)CC(N=C(N)N)C3)CC(N)C(C3OC(CNCCCN)=CCC3N)C2O)OCC1(C)O. The van der Waals surface area contributed by atoms with E-state index in [4.69, 9.17) is 42.9 Å². The van der Waals surface area contributed by atoms with Crippen molar-refractivity contribution in [3.05, 3.63) is 11.8 Å². The van der Waals surface area contributed by atoms with E-state index < -0.39 is 83.9 Å². The smallest absolute Gasteiger partial charge is 0.252 e. The average Bonchev–Trinajstić information content (AvgIpc) is 2.94. The molecule has 2 heterocycles. The predicted octanol–water partition coefficient (Wildman–Crippen LogP) is -5.27. The Kier molecular flexibility index (Phi) is 11.7. The molecule has 1 saturated heterocycles. The van der Waals surface area contributed by atoms with Gasteiger partial charge in [0, 0.05) is 30.8 Å². The summed E-state index contributed by atoms with van der Waals surface area (Å²) < 4.78 is 18.2. The second kappa shape index (κ2) is 14.7. The van der Waals surface area contributed by atoms with Crippen LogP contribution in [0.1, 0.15) is 39.0 Å². The molecule has 0 aromatic carbocycles. The van der Waals surface area contributed by atoms with Gasteiger partial charge in [-0.15, -0.1) is 0 Å². The molecule has 11 atom stereocenters. The average molecular weight is 644 g/mol. The Morgan fingerprint density at radius 3 is 2.53 bits per heavy atom. The molecule has 0 spiro atoms. The third-order valence-corrected chi connectivity index (χ3v) is 9.36. The van der Waals surface area contributed by atoms with E-state index in [0.717, 1.165) is 6.42 Å². The van der Waals surface area contributed by atoms with Crippen LogP contribution in [0.25, 0.3) is 0 Å². The van der Waals surface area contributed by atoms with Gasteiger partial charge in [-0.3, -0.25) is 9.79 Å². The van der Waals surface area contributed by atoms with E-state index in [1.54, 1.807) is 7.05 Å². The quantitative estimate of drug-likeness (QED) is 0.0537. The Bertz CT molecular complexity index is 1070. The lowest BCUT2D eigenvalue weighted by Crippen LogP contribution is -2.70. The maximum Gasteiger partial charge on any atom is 0.252 e. The highest BCUT2D eigenvalue weighted by molar-refractivity contribution is 5.87. The summed E-state index contributed by atoms with van der Waals surface area (Å²) in [5, 5.41) is 53.6. The number of aliphatic hydroxyl groups is 4. The molecule has 4 rings (SSSR count). The van der Waals surface area contributed by atoms with Crippen molar-refractivity contribution in [1.29, 1.82) is 0 Å². The number of likely N-dealkylation sites (N-methyl/N-ethyl adjacent to an activating group) is 1. The molecule has 45 heavy (non-hydrogen) atoms. The Morgan fingerprint density at radius 1 is 1.18 bits per heavy atom. The van der Waals surface area contributed by atoms with Crippen molar-refractivity contribution in [2.45, 2.75) is 111 Å². The van der Waals surface area contributed by atoms with Crippen LogP contribution in [-0.4, -0.2) is 138 Å². The first kappa shape index (κ1) is 35.7. The maximum absolute atomic E-state index is 13.3. The van der Waals surface area contributed by atoms with Crippen LogP contribution >= 0.6 is 0 Å².